The molecule has 1 aromatic rings. The van der Waals surface area contributed by atoms with Gasteiger partial charge < -0.3 is 5.11 Å². The van der Waals surface area contributed by atoms with Gasteiger partial charge in [-0.3, -0.25) is 19.8 Å². The molecule has 0 bridgehead atoms. The van der Waals surface area contributed by atoms with Gasteiger partial charge in [-0.2, -0.15) is 4.31 Å². The maximum atomic E-state index is 12.5. The summed E-state index contributed by atoms with van der Waals surface area (Å²) in [6.45, 7) is 0.780. The minimum absolute atomic E-state index is 0.131. The molecule has 0 saturated carbocycles. The van der Waals surface area contributed by atoms with Crippen LogP contribution in [0.3, 0.4) is 0 Å². The number of hydrogen-bond donors (Lipinski definition) is 1. The van der Waals surface area contributed by atoms with Crippen LogP contribution in [0.2, 0.25) is 0 Å². The van der Waals surface area contributed by atoms with Gasteiger partial charge in [-0.1, -0.05) is 6.07 Å². The number of aliphatic carboxylic acids is 1. The Hall–Kier alpha value is -2.04. The molecule has 22 heavy (non-hydrogen) atoms. The molecule has 1 N–H and O–H groups in total. The third-order valence-corrected chi connectivity index (χ3v) is 5.25. The normalized spacial score (nSPS) is 17.3. The maximum absolute atomic E-state index is 12.5. The van der Waals surface area contributed by atoms with E-state index in [1.807, 2.05) is 0 Å². The summed E-state index contributed by atoms with van der Waals surface area (Å²) in [5, 5.41) is 19.5. The Morgan fingerprint density at radius 1 is 1.27 bits per heavy atom. The second-order valence-corrected chi connectivity index (χ2v) is 6.77. The molecule has 0 amide bonds. The third-order valence-electron chi connectivity index (χ3n) is 3.36. The van der Waals surface area contributed by atoms with Crippen LogP contribution in [0, 0.1) is 10.1 Å². The number of carboxylic acids is 1. The van der Waals surface area contributed by atoms with Crippen LogP contribution in [0.25, 0.3) is 0 Å². The zero-order chi connectivity index (χ0) is 16.3. The van der Waals surface area contributed by atoms with E-state index in [2.05, 4.69) is 0 Å². The molecule has 1 heterocycles. The molecule has 0 aliphatic carbocycles. The smallest absolute Gasteiger partial charge is 0.317 e. The van der Waals surface area contributed by atoms with Crippen LogP contribution in [0.5, 0.6) is 0 Å². The first kappa shape index (κ1) is 16.3. The summed E-state index contributed by atoms with van der Waals surface area (Å²) < 4.78 is 26.1. The highest BCUT2D eigenvalue weighted by molar-refractivity contribution is 7.89. The summed E-state index contributed by atoms with van der Waals surface area (Å²) >= 11 is 0. The highest BCUT2D eigenvalue weighted by atomic mass is 32.2. The Labute approximate surface area is 127 Å². The van der Waals surface area contributed by atoms with Crippen molar-refractivity contribution in [3.63, 3.8) is 0 Å². The largest absolute Gasteiger partial charge is 0.480 e. The third kappa shape index (κ3) is 3.59. The molecule has 9 nitrogen and oxygen atoms in total. The van der Waals surface area contributed by atoms with Gasteiger partial charge in [0, 0.05) is 38.3 Å². The van der Waals surface area contributed by atoms with Gasteiger partial charge in [-0.05, 0) is 6.07 Å². The zero-order valence-electron chi connectivity index (χ0n) is 11.6. The van der Waals surface area contributed by atoms with Crippen molar-refractivity contribution in [1.82, 2.24) is 9.21 Å². The average Bonchev–Trinajstić information content (AvgIpc) is 2.47. The van der Waals surface area contributed by atoms with Crippen molar-refractivity contribution in [3.05, 3.63) is 34.4 Å². The fraction of sp³-hybridized carbons (Fsp3) is 0.417. The molecule has 1 fully saturated rings. The van der Waals surface area contributed by atoms with Gasteiger partial charge in [0.1, 0.15) is 0 Å². The first-order valence-corrected chi connectivity index (χ1v) is 7.93. The van der Waals surface area contributed by atoms with Gasteiger partial charge in [0.2, 0.25) is 10.0 Å². The van der Waals surface area contributed by atoms with E-state index in [-0.39, 0.29) is 30.2 Å². The number of hydrogen-bond acceptors (Lipinski definition) is 6. The van der Waals surface area contributed by atoms with Crippen LogP contribution in [0.1, 0.15) is 0 Å². The van der Waals surface area contributed by atoms with Gasteiger partial charge in [-0.15, -0.1) is 0 Å². The number of non-ortho nitro benzene ring substituents is 1. The molecule has 1 aliphatic rings. The van der Waals surface area contributed by atoms with Crippen LogP contribution in [-0.2, 0) is 14.8 Å². The maximum Gasteiger partial charge on any atom is 0.317 e. The number of rotatable bonds is 5. The average molecular weight is 329 g/mol. The molecule has 10 heteroatoms. The zero-order valence-corrected chi connectivity index (χ0v) is 12.4. The number of sulfonamides is 1. The molecule has 1 aliphatic heterocycles. The predicted octanol–water partition coefficient (Wildman–Crippen LogP) is -0.0143. The minimum Gasteiger partial charge on any atom is -0.480 e. The molecule has 1 saturated heterocycles. The summed E-state index contributed by atoms with van der Waals surface area (Å²) in [6, 6.07) is 4.89. The molecule has 1 aromatic carbocycles. The fourth-order valence-corrected chi connectivity index (χ4v) is 3.69. The number of nitrogens with zero attached hydrogens (tertiary/aromatic N) is 3. The predicted molar refractivity (Wildman–Crippen MR) is 75.9 cm³/mol. The van der Waals surface area contributed by atoms with Crippen molar-refractivity contribution < 1.29 is 23.2 Å². The molecule has 0 atom stereocenters. The Balaban J connectivity index is 2.13. The second kappa shape index (κ2) is 6.38. The lowest BCUT2D eigenvalue weighted by atomic mass is 10.3. The van der Waals surface area contributed by atoms with Gasteiger partial charge >= 0.3 is 5.97 Å². The van der Waals surface area contributed by atoms with Crippen molar-refractivity contribution in [3.8, 4) is 0 Å². The molecule has 0 aromatic heterocycles. The van der Waals surface area contributed by atoms with Crippen LogP contribution in [0.15, 0.2) is 29.2 Å². The van der Waals surface area contributed by atoms with Gasteiger partial charge in [-0.25, -0.2) is 8.42 Å². The monoisotopic (exact) mass is 329 g/mol. The number of carboxylic acid groups (broad SMARTS) is 1. The lowest BCUT2D eigenvalue weighted by molar-refractivity contribution is -0.385. The Morgan fingerprint density at radius 3 is 2.45 bits per heavy atom. The molecule has 0 radical (unpaired) electrons. The molecular formula is C12H15N3O6S. The van der Waals surface area contributed by atoms with E-state index >= 15 is 0 Å². The Morgan fingerprint density at radius 2 is 1.91 bits per heavy atom. The first-order valence-electron chi connectivity index (χ1n) is 6.49. The summed E-state index contributed by atoms with van der Waals surface area (Å²) in [6.07, 6.45) is 0. The van der Waals surface area contributed by atoms with E-state index in [1.165, 1.54) is 22.5 Å². The highest BCUT2D eigenvalue weighted by Crippen LogP contribution is 2.21. The summed E-state index contributed by atoms with van der Waals surface area (Å²) in [4.78, 5) is 22.2. The Kier molecular flexibility index (Phi) is 4.74. The lowest BCUT2D eigenvalue weighted by Crippen LogP contribution is -2.49. The van der Waals surface area contributed by atoms with Crippen LogP contribution in [0.4, 0.5) is 5.69 Å². The lowest BCUT2D eigenvalue weighted by Gasteiger charge is -2.32. The summed E-state index contributed by atoms with van der Waals surface area (Å²) in [7, 11) is -3.82. The SMILES string of the molecule is O=C(O)CN1CCN(S(=O)(=O)c2cccc([N+](=O)[O-])c2)CC1. The molecule has 0 spiro atoms. The minimum atomic E-state index is -3.82. The van der Waals surface area contributed by atoms with Gasteiger partial charge in [0.15, 0.2) is 0 Å². The van der Waals surface area contributed by atoms with Crippen LogP contribution in [-0.4, -0.2) is 66.3 Å². The topological polar surface area (TPSA) is 121 Å². The van der Waals surface area contributed by atoms with Crippen LogP contribution < -0.4 is 0 Å². The molecular weight excluding hydrogens is 314 g/mol. The van der Waals surface area contributed by atoms with Crippen LogP contribution >= 0.6 is 0 Å². The quantitative estimate of drug-likeness (QED) is 0.595. The highest BCUT2D eigenvalue weighted by Gasteiger charge is 2.29. The number of nitro benzene ring substituents is 1. The number of piperazine rings is 1. The van der Waals surface area contributed by atoms with Gasteiger partial charge in [0.05, 0.1) is 16.4 Å². The van der Waals surface area contributed by atoms with E-state index in [0.29, 0.717) is 13.1 Å². The molecule has 0 unspecified atom stereocenters. The second-order valence-electron chi connectivity index (χ2n) is 4.83. The van der Waals surface area contributed by atoms with E-state index in [4.69, 9.17) is 5.11 Å². The van der Waals surface area contributed by atoms with E-state index < -0.39 is 20.9 Å². The fourth-order valence-electron chi connectivity index (χ4n) is 2.23. The van der Waals surface area contributed by atoms with Crippen molar-refractivity contribution in [1.29, 1.82) is 0 Å². The van der Waals surface area contributed by atoms with E-state index in [0.717, 1.165) is 6.07 Å². The standard InChI is InChI=1S/C12H15N3O6S/c16-12(17)9-13-4-6-14(7-5-13)22(20,21)11-3-1-2-10(8-11)15(18)19/h1-3,8H,4-7,9H2,(H,16,17). The van der Waals surface area contributed by atoms with E-state index in [9.17, 15) is 23.3 Å². The Bertz CT molecular complexity index is 682. The van der Waals surface area contributed by atoms with Gasteiger partial charge in [0.25, 0.3) is 5.69 Å². The first-order chi connectivity index (χ1) is 10.3. The summed E-state index contributed by atoms with van der Waals surface area (Å²) in [5.41, 5.74) is -0.286. The van der Waals surface area contributed by atoms with E-state index in [1.54, 1.807) is 4.90 Å². The molecule has 120 valence electrons. The number of carbonyl (C=O) groups is 1. The van der Waals surface area contributed by atoms with Crippen molar-refractivity contribution in [2.75, 3.05) is 32.7 Å². The van der Waals surface area contributed by atoms with Crippen molar-refractivity contribution in [2.24, 2.45) is 0 Å². The van der Waals surface area contributed by atoms with Crippen molar-refractivity contribution in [2.45, 2.75) is 4.90 Å². The van der Waals surface area contributed by atoms with Crippen molar-refractivity contribution >= 4 is 21.7 Å². The molecule has 2 rings (SSSR count). The summed E-state index contributed by atoms with van der Waals surface area (Å²) in [5.74, 6) is -0.963. The number of benzene rings is 1. The number of nitro groups is 1.